The molecule has 0 N–H and O–H groups in total. The second-order valence-corrected chi connectivity index (χ2v) is 7.13. The molecule has 136 valence electrons. The molecule has 6 heteroatoms. The number of rotatable bonds is 5. The third kappa shape index (κ3) is 3.78. The minimum absolute atomic E-state index is 0.120. The highest BCUT2D eigenvalue weighted by Crippen LogP contribution is 2.28. The van der Waals surface area contributed by atoms with Gasteiger partial charge in [0.25, 0.3) is 0 Å². The molecule has 0 spiro atoms. The van der Waals surface area contributed by atoms with Gasteiger partial charge in [0.05, 0.1) is 24.5 Å². The van der Waals surface area contributed by atoms with Crippen LogP contribution in [0.25, 0.3) is 0 Å². The highest BCUT2D eigenvalue weighted by atomic mass is 16.5. The molecule has 0 aliphatic heterocycles. The number of nitrogens with zero attached hydrogens (tertiary/aromatic N) is 3. The van der Waals surface area contributed by atoms with Crippen LogP contribution in [0.5, 0.6) is 0 Å². The van der Waals surface area contributed by atoms with Crippen LogP contribution in [-0.2, 0) is 17.9 Å². The Morgan fingerprint density at radius 2 is 1.40 bits per heavy atom. The summed E-state index contributed by atoms with van der Waals surface area (Å²) >= 11 is 0. The van der Waals surface area contributed by atoms with Crippen molar-refractivity contribution in [3.05, 3.63) is 34.0 Å². The Balaban J connectivity index is 1.86. The first-order valence-electron chi connectivity index (χ1n) is 9.09. The highest BCUT2D eigenvalue weighted by molar-refractivity contribution is 5.79. The maximum absolute atomic E-state index is 13.2. The topological polar surface area (TPSA) is 72.4 Å². The fourth-order valence-corrected chi connectivity index (χ4v) is 3.66. The van der Waals surface area contributed by atoms with Gasteiger partial charge in [-0.25, -0.2) is 0 Å². The first-order chi connectivity index (χ1) is 12.0. The molecule has 0 saturated heterocycles. The number of hydrogen-bond acceptors (Lipinski definition) is 5. The van der Waals surface area contributed by atoms with Crippen LogP contribution in [0.4, 0.5) is 0 Å². The van der Waals surface area contributed by atoms with E-state index in [0.29, 0.717) is 13.1 Å². The number of aromatic nitrogens is 2. The van der Waals surface area contributed by atoms with E-state index >= 15 is 0 Å². The fourth-order valence-electron chi connectivity index (χ4n) is 3.66. The van der Waals surface area contributed by atoms with Gasteiger partial charge in [0.1, 0.15) is 11.5 Å². The molecule has 25 heavy (non-hydrogen) atoms. The summed E-state index contributed by atoms with van der Waals surface area (Å²) in [5.74, 6) is 1.89. The van der Waals surface area contributed by atoms with Gasteiger partial charge < -0.3 is 13.9 Å². The normalized spacial score (nSPS) is 15.5. The zero-order chi connectivity index (χ0) is 18.0. The molecule has 2 aromatic heterocycles. The lowest BCUT2D eigenvalue weighted by atomic mass is 9.88. The van der Waals surface area contributed by atoms with Crippen LogP contribution < -0.4 is 0 Å². The van der Waals surface area contributed by atoms with E-state index in [1.54, 1.807) is 0 Å². The van der Waals surface area contributed by atoms with Crippen molar-refractivity contribution < 1.29 is 13.8 Å². The number of aryl methyl sites for hydroxylation is 4. The molecule has 1 saturated carbocycles. The Morgan fingerprint density at radius 1 is 0.920 bits per heavy atom. The van der Waals surface area contributed by atoms with Crippen molar-refractivity contribution in [2.24, 2.45) is 5.92 Å². The van der Waals surface area contributed by atoms with E-state index in [2.05, 4.69) is 10.3 Å². The van der Waals surface area contributed by atoms with E-state index in [1.165, 1.54) is 6.42 Å². The summed E-state index contributed by atoms with van der Waals surface area (Å²) in [4.78, 5) is 15.1. The van der Waals surface area contributed by atoms with Crippen molar-refractivity contribution in [2.75, 3.05) is 0 Å². The second kappa shape index (κ2) is 7.42. The Bertz CT molecular complexity index is 654. The smallest absolute Gasteiger partial charge is 0.226 e. The van der Waals surface area contributed by atoms with E-state index in [0.717, 1.165) is 59.7 Å². The third-order valence-corrected chi connectivity index (χ3v) is 5.33. The summed E-state index contributed by atoms with van der Waals surface area (Å²) in [5, 5.41) is 8.06. The van der Waals surface area contributed by atoms with Crippen molar-refractivity contribution in [3.8, 4) is 0 Å². The van der Waals surface area contributed by atoms with E-state index in [9.17, 15) is 4.79 Å². The first-order valence-corrected chi connectivity index (χ1v) is 9.09. The van der Waals surface area contributed by atoms with E-state index in [4.69, 9.17) is 9.05 Å². The van der Waals surface area contributed by atoms with Gasteiger partial charge in [-0.2, -0.15) is 0 Å². The molecular formula is C19H27N3O3. The van der Waals surface area contributed by atoms with Crippen molar-refractivity contribution in [3.63, 3.8) is 0 Å². The zero-order valence-corrected chi connectivity index (χ0v) is 15.6. The van der Waals surface area contributed by atoms with Gasteiger partial charge in [0.15, 0.2) is 0 Å². The van der Waals surface area contributed by atoms with Gasteiger partial charge in [0, 0.05) is 17.0 Å². The molecule has 1 amide bonds. The molecular weight excluding hydrogens is 318 g/mol. The minimum atomic E-state index is 0.120. The Hall–Kier alpha value is -2.11. The second-order valence-electron chi connectivity index (χ2n) is 7.13. The molecule has 0 bridgehead atoms. The summed E-state index contributed by atoms with van der Waals surface area (Å²) < 4.78 is 10.6. The maximum Gasteiger partial charge on any atom is 0.226 e. The van der Waals surface area contributed by atoms with Gasteiger partial charge in [-0.05, 0) is 40.5 Å². The molecule has 0 radical (unpaired) electrons. The number of carbonyl (C=O) groups is 1. The number of amides is 1. The standard InChI is InChI=1S/C19H27N3O3/c1-12-17(14(3)24-20-12)10-22(11-18-13(2)21-25-15(18)4)19(23)16-8-6-5-7-9-16/h16H,5-11H2,1-4H3. The van der Waals surface area contributed by atoms with Crippen molar-refractivity contribution in [2.45, 2.75) is 72.9 Å². The molecule has 0 unspecified atom stereocenters. The van der Waals surface area contributed by atoms with Gasteiger partial charge in [-0.15, -0.1) is 0 Å². The number of hydrogen-bond donors (Lipinski definition) is 0. The molecule has 1 aliphatic rings. The van der Waals surface area contributed by atoms with Crippen LogP contribution in [0.3, 0.4) is 0 Å². The lowest BCUT2D eigenvalue weighted by Gasteiger charge is -2.29. The molecule has 1 fully saturated rings. The molecule has 0 atom stereocenters. The molecule has 3 rings (SSSR count). The SMILES string of the molecule is Cc1noc(C)c1CN(Cc1c(C)noc1C)C(=O)C1CCCCC1. The van der Waals surface area contributed by atoms with E-state index in [-0.39, 0.29) is 11.8 Å². The summed E-state index contributed by atoms with van der Waals surface area (Å²) in [6.07, 6.45) is 5.48. The quantitative estimate of drug-likeness (QED) is 0.819. The van der Waals surface area contributed by atoms with Gasteiger partial charge >= 0.3 is 0 Å². The van der Waals surface area contributed by atoms with Crippen LogP contribution in [0.2, 0.25) is 0 Å². The summed E-state index contributed by atoms with van der Waals surface area (Å²) in [6, 6.07) is 0. The summed E-state index contributed by atoms with van der Waals surface area (Å²) in [5.41, 5.74) is 3.68. The van der Waals surface area contributed by atoms with E-state index < -0.39 is 0 Å². The summed E-state index contributed by atoms with van der Waals surface area (Å²) in [6.45, 7) is 8.67. The van der Waals surface area contributed by atoms with Crippen molar-refractivity contribution in [1.29, 1.82) is 0 Å². The average molecular weight is 345 g/mol. The van der Waals surface area contributed by atoms with Crippen LogP contribution in [0.1, 0.15) is 66.1 Å². The third-order valence-electron chi connectivity index (χ3n) is 5.33. The zero-order valence-electron chi connectivity index (χ0n) is 15.6. The fraction of sp³-hybridized carbons (Fsp3) is 0.632. The van der Waals surface area contributed by atoms with Crippen LogP contribution in [0, 0.1) is 33.6 Å². The Morgan fingerprint density at radius 3 is 1.80 bits per heavy atom. The predicted octanol–water partition coefficient (Wildman–Crippen LogP) is 4.01. The monoisotopic (exact) mass is 345 g/mol. The largest absolute Gasteiger partial charge is 0.361 e. The summed E-state index contributed by atoms with van der Waals surface area (Å²) in [7, 11) is 0. The van der Waals surface area contributed by atoms with Crippen LogP contribution >= 0.6 is 0 Å². The molecule has 6 nitrogen and oxygen atoms in total. The predicted molar refractivity (Wildman–Crippen MR) is 92.8 cm³/mol. The van der Waals surface area contributed by atoms with Gasteiger partial charge in [-0.1, -0.05) is 29.6 Å². The van der Waals surface area contributed by atoms with Crippen molar-refractivity contribution in [1.82, 2.24) is 15.2 Å². The van der Waals surface area contributed by atoms with Crippen LogP contribution in [0.15, 0.2) is 9.05 Å². The lowest BCUT2D eigenvalue weighted by molar-refractivity contribution is -0.137. The van der Waals surface area contributed by atoms with Gasteiger partial charge in [0.2, 0.25) is 5.91 Å². The molecule has 2 aromatic rings. The Labute approximate surface area is 148 Å². The number of carbonyl (C=O) groups excluding carboxylic acids is 1. The first kappa shape index (κ1) is 17.7. The Kier molecular flexibility index (Phi) is 5.25. The molecule has 0 aromatic carbocycles. The highest BCUT2D eigenvalue weighted by Gasteiger charge is 2.28. The van der Waals surface area contributed by atoms with E-state index in [1.807, 2.05) is 32.6 Å². The average Bonchev–Trinajstić information content (AvgIpc) is 3.11. The van der Waals surface area contributed by atoms with Crippen molar-refractivity contribution >= 4 is 5.91 Å². The maximum atomic E-state index is 13.2. The van der Waals surface area contributed by atoms with Crippen LogP contribution in [-0.4, -0.2) is 21.1 Å². The molecule has 2 heterocycles. The molecule has 1 aliphatic carbocycles. The minimum Gasteiger partial charge on any atom is -0.361 e. The lowest BCUT2D eigenvalue weighted by Crippen LogP contribution is -2.36. The van der Waals surface area contributed by atoms with Gasteiger partial charge in [-0.3, -0.25) is 4.79 Å².